The molecule has 2 N–H and O–H groups in total. The molecular formula is C17H26N2O6S. The van der Waals surface area contributed by atoms with Crippen LogP contribution in [0.2, 0.25) is 0 Å². The highest BCUT2D eigenvalue weighted by Gasteiger charge is 2.40. The van der Waals surface area contributed by atoms with Crippen LogP contribution in [0.5, 0.6) is 11.5 Å². The van der Waals surface area contributed by atoms with Crippen LogP contribution in [-0.4, -0.2) is 68.4 Å². The quantitative estimate of drug-likeness (QED) is 0.749. The van der Waals surface area contributed by atoms with Gasteiger partial charge in [0.05, 0.1) is 36.9 Å². The van der Waals surface area contributed by atoms with Crippen molar-refractivity contribution in [3.8, 4) is 11.5 Å². The first-order chi connectivity index (χ1) is 12.1. The molecule has 0 radical (unpaired) electrons. The molecule has 0 bridgehead atoms. The van der Waals surface area contributed by atoms with Crippen molar-refractivity contribution >= 4 is 15.9 Å². The Morgan fingerprint density at radius 1 is 1.35 bits per heavy atom. The zero-order valence-electron chi connectivity index (χ0n) is 15.4. The third kappa shape index (κ3) is 5.01. The molecule has 1 aliphatic rings. The van der Waals surface area contributed by atoms with E-state index in [9.17, 15) is 18.3 Å². The smallest absolute Gasteiger partial charge is 0.317 e. The van der Waals surface area contributed by atoms with Gasteiger partial charge in [0.15, 0.2) is 21.3 Å². The van der Waals surface area contributed by atoms with Crippen molar-refractivity contribution in [2.75, 3.05) is 25.7 Å². The van der Waals surface area contributed by atoms with Crippen LogP contribution in [0, 0.1) is 0 Å². The van der Waals surface area contributed by atoms with Crippen molar-refractivity contribution in [3.05, 3.63) is 23.8 Å². The lowest BCUT2D eigenvalue weighted by molar-refractivity contribution is 0.110. The third-order valence-corrected chi connectivity index (χ3v) is 5.84. The van der Waals surface area contributed by atoms with E-state index in [2.05, 4.69) is 5.32 Å². The molecule has 8 nitrogen and oxygen atoms in total. The predicted octanol–water partition coefficient (Wildman–Crippen LogP) is 0.782. The van der Waals surface area contributed by atoms with Gasteiger partial charge >= 0.3 is 6.03 Å². The summed E-state index contributed by atoms with van der Waals surface area (Å²) in [5, 5.41) is 12.6. The van der Waals surface area contributed by atoms with Gasteiger partial charge in [-0.2, -0.15) is 0 Å². The first kappa shape index (κ1) is 20.3. The second-order valence-electron chi connectivity index (χ2n) is 6.63. The van der Waals surface area contributed by atoms with E-state index in [1.54, 1.807) is 19.2 Å². The molecule has 0 unspecified atom stereocenters. The predicted molar refractivity (Wildman–Crippen MR) is 97.2 cm³/mol. The molecule has 0 aromatic heterocycles. The normalized spacial score (nSPS) is 21.5. The number of hydrogen-bond donors (Lipinski definition) is 2. The Balaban J connectivity index is 1.98. The Morgan fingerprint density at radius 2 is 2.04 bits per heavy atom. The molecule has 2 amide bonds. The third-order valence-electron chi connectivity index (χ3n) is 4.15. The molecule has 1 heterocycles. The maximum atomic E-state index is 12.3. The number of hydrogen-bond acceptors (Lipinski definition) is 6. The molecule has 26 heavy (non-hydrogen) atoms. The highest BCUT2D eigenvalue weighted by atomic mass is 32.2. The molecule has 146 valence electrons. The average molecular weight is 386 g/mol. The molecule has 0 saturated carbocycles. The zero-order chi connectivity index (χ0) is 19.5. The number of likely N-dealkylation sites (N-methyl/N-ethyl adjacent to an activating group) is 1. The van der Waals surface area contributed by atoms with E-state index in [4.69, 9.17) is 9.47 Å². The largest absolute Gasteiger partial charge is 0.493 e. The number of nitrogens with one attached hydrogen (secondary N) is 1. The van der Waals surface area contributed by atoms with Crippen LogP contribution in [0.25, 0.3) is 0 Å². The number of ether oxygens (including phenoxy) is 2. The molecule has 1 aliphatic heterocycles. The number of aliphatic hydroxyl groups excluding tert-OH is 1. The van der Waals surface area contributed by atoms with E-state index in [0.29, 0.717) is 11.5 Å². The molecule has 1 aromatic rings. The Labute approximate surface area is 154 Å². The van der Waals surface area contributed by atoms with E-state index >= 15 is 0 Å². The van der Waals surface area contributed by atoms with Gasteiger partial charge in [-0.15, -0.1) is 0 Å². The van der Waals surface area contributed by atoms with Gasteiger partial charge in [-0.05, 0) is 31.5 Å². The molecule has 2 atom stereocenters. The second-order valence-corrected chi connectivity index (χ2v) is 8.79. The highest BCUT2D eigenvalue weighted by Crippen LogP contribution is 2.29. The SMILES string of the molecule is COc1cc(CNC(=O)N(C)[C@@H]2CS(=O)(=O)C[C@H]2O)ccc1OC(C)C. The minimum absolute atomic E-state index is 0.0113. The van der Waals surface area contributed by atoms with E-state index in [-0.39, 0.29) is 24.2 Å². The Morgan fingerprint density at radius 3 is 2.58 bits per heavy atom. The van der Waals surface area contributed by atoms with Gasteiger partial charge in [0, 0.05) is 13.6 Å². The van der Waals surface area contributed by atoms with Gasteiger partial charge in [-0.1, -0.05) is 6.07 Å². The molecule has 9 heteroatoms. The fourth-order valence-electron chi connectivity index (χ4n) is 2.81. The van der Waals surface area contributed by atoms with Crippen LogP contribution in [0.1, 0.15) is 19.4 Å². The molecule has 2 rings (SSSR count). The van der Waals surface area contributed by atoms with Crippen molar-refractivity contribution in [2.24, 2.45) is 0 Å². The molecule has 1 saturated heterocycles. The van der Waals surface area contributed by atoms with Crippen molar-refractivity contribution in [2.45, 2.75) is 38.6 Å². The number of rotatable bonds is 6. The van der Waals surface area contributed by atoms with Crippen molar-refractivity contribution in [1.82, 2.24) is 10.2 Å². The number of nitrogens with zero attached hydrogens (tertiary/aromatic N) is 1. The van der Waals surface area contributed by atoms with Crippen LogP contribution in [0.3, 0.4) is 0 Å². The van der Waals surface area contributed by atoms with Crippen LogP contribution in [0.4, 0.5) is 4.79 Å². The number of carbonyl (C=O) groups excluding carboxylic acids is 1. The minimum Gasteiger partial charge on any atom is -0.493 e. The summed E-state index contributed by atoms with van der Waals surface area (Å²) in [4.78, 5) is 13.5. The molecule has 1 aromatic carbocycles. The summed E-state index contributed by atoms with van der Waals surface area (Å²) in [5.41, 5.74) is 0.805. The number of amides is 2. The highest BCUT2D eigenvalue weighted by molar-refractivity contribution is 7.91. The fourth-order valence-corrected chi connectivity index (χ4v) is 4.65. The maximum Gasteiger partial charge on any atom is 0.317 e. The van der Waals surface area contributed by atoms with Gasteiger partial charge in [-0.25, -0.2) is 13.2 Å². The van der Waals surface area contributed by atoms with Gasteiger partial charge in [0.25, 0.3) is 0 Å². The number of urea groups is 1. The minimum atomic E-state index is -3.32. The topological polar surface area (TPSA) is 105 Å². The van der Waals surface area contributed by atoms with Crippen molar-refractivity contribution in [1.29, 1.82) is 0 Å². The number of benzene rings is 1. The summed E-state index contributed by atoms with van der Waals surface area (Å²) in [6.07, 6.45) is -1.06. The second kappa shape index (κ2) is 8.13. The van der Waals surface area contributed by atoms with E-state index in [0.717, 1.165) is 5.56 Å². The Hall–Kier alpha value is -2.00. The van der Waals surface area contributed by atoms with E-state index in [1.807, 2.05) is 19.9 Å². The number of aliphatic hydroxyl groups is 1. The number of methoxy groups -OCH3 is 1. The lowest BCUT2D eigenvalue weighted by Crippen LogP contribution is -2.48. The lowest BCUT2D eigenvalue weighted by Gasteiger charge is -2.26. The lowest BCUT2D eigenvalue weighted by atomic mass is 10.2. The van der Waals surface area contributed by atoms with Gasteiger partial charge < -0.3 is 24.8 Å². The number of carbonyl (C=O) groups is 1. The molecule has 1 fully saturated rings. The summed E-state index contributed by atoms with van der Waals surface area (Å²) in [6, 6.07) is 4.17. The summed E-state index contributed by atoms with van der Waals surface area (Å²) in [7, 11) is -0.298. The van der Waals surface area contributed by atoms with E-state index in [1.165, 1.54) is 11.9 Å². The summed E-state index contributed by atoms with van der Waals surface area (Å²) in [6.45, 7) is 4.07. The molecule has 0 aliphatic carbocycles. The van der Waals surface area contributed by atoms with Gasteiger partial charge in [-0.3, -0.25) is 0 Å². The fraction of sp³-hybridized carbons (Fsp3) is 0.588. The van der Waals surface area contributed by atoms with E-state index < -0.39 is 28.0 Å². The van der Waals surface area contributed by atoms with Crippen LogP contribution >= 0.6 is 0 Å². The van der Waals surface area contributed by atoms with Gasteiger partial charge in [0.2, 0.25) is 0 Å². The summed E-state index contributed by atoms with van der Waals surface area (Å²) >= 11 is 0. The van der Waals surface area contributed by atoms with Crippen molar-refractivity contribution in [3.63, 3.8) is 0 Å². The van der Waals surface area contributed by atoms with Crippen LogP contribution in [-0.2, 0) is 16.4 Å². The van der Waals surface area contributed by atoms with Gasteiger partial charge in [0.1, 0.15) is 0 Å². The first-order valence-corrected chi connectivity index (χ1v) is 10.2. The number of sulfone groups is 1. The Kier molecular flexibility index (Phi) is 6.35. The molecule has 0 spiro atoms. The average Bonchev–Trinajstić information content (AvgIpc) is 2.84. The van der Waals surface area contributed by atoms with Crippen LogP contribution < -0.4 is 14.8 Å². The Bertz CT molecular complexity index is 750. The monoisotopic (exact) mass is 386 g/mol. The molecular weight excluding hydrogens is 360 g/mol. The zero-order valence-corrected chi connectivity index (χ0v) is 16.2. The summed E-state index contributed by atoms with van der Waals surface area (Å²) in [5.74, 6) is 0.641. The summed E-state index contributed by atoms with van der Waals surface area (Å²) < 4.78 is 34.1. The van der Waals surface area contributed by atoms with Crippen LogP contribution in [0.15, 0.2) is 18.2 Å². The van der Waals surface area contributed by atoms with Crippen molar-refractivity contribution < 1.29 is 27.8 Å². The first-order valence-electron chi connectivity index (χ1n) is 8.35. The standard InChI is InChI=1S/C17H26N2O6S/c1-11(2)25-15-6-5-12(7-16(15)24-4)8-18-17(21)19(3)13-9-26(22,23)10-14(13)20/h5-7,11,13-14,20H,8-10H2,1-4H3,(H,18,21)/t13-,14-/m1/s1. The maximum absolute atomic E-state index is 12.3.